The Kier molecular flexibility index (Phi) is 5.22. The van der Waals surface area contributed by atoms with Gasteiger partial charge in [-0.25, -0.2) is 4.98 Å². The van der Waals surface area contributed by atoms with Crippen molar-refractivity contribution in [2.75, 3.05) is 32.9 Å². The minimum atomic E-state index is 0.253. The number of hydrogen-bond donors (Lipinski definition) is 2. The quantitative estimate of drug-likeness (QED) is 0.761. The largest absolute Gasteiger partial charge is 0.383 e. The van der Waals surface area contributed by atoms with E-state index in [-0.39, 0.29) is 6.04 Å². The summed E-state index contributed by atoms with van der Waals surface area (Å²) >= 11 is 0. The molecule has 0 amide bonds. The number of nitrogen functional groups attached to an aromatic ring is 1. The van der Waals surface area contributed by atoms with Crippen molar-refractivity contribution in [3.8, 4) is 0 Å². The molecule has 0 aromatic carbocycles. The molecule has 1 aromatic heterocycles. The van der Waals surface area contributed by atoms with Crippen LogP contribution in [0.15, 0.2) is 18.3 Å². The molecule has 4 heteroatoms. The number of nitrogens with zero attached hydrogens (tertiary/aromatic N) is 2. The first-order valence-corrected chi connectivity index (χ1v) is 5.73. The van der Waals surface area contributed by atoms with Gasteiger partial charge in [-0.05, 0) is 33.1 Å². The van der Waals surface area contributed by atoms with Crippen LogP contribution in [0.2, 0.25) is 0 Å². The Bertz CT molecular complexity index is 312. The second-order valence-electron chi connectivity index (χ2n) is 4.25. The molecular weight excluding hydrogens is 200 g/mol. The molecule has 0 saturated heterocycles. The molecule has 4 nitrogen and oxygen atoms in total. The van der Waals surface area contributed by atoms with Crippen molar-refractivity contribution < 1.29 is 0 Å². The van der Waals surface area contributed by atoms with Crippen molar-refractivity contribution >= 4 is 5.82 Å². The van der Waals surface area contributed by atoms with Crippen LogP contribution in [0.5, 0.6) is 0 Å². The third-order valence-electron chi connectivity index (χ3n) is 2.44. The number of anilines is 1. The monoisotopic (exact) mass is 222 g/mol. The SMILES string of the molecule is CCCNC(CN(C)C)c1cccnc1N. The fourth-order valence-corrected chi connectivity index (χ4v) is 1.68. The number of likely N-dealkylation sites (N-methyl/N-ethyl adjacent to an activating group) is 1. The van der Waals surface area contributed by atoms with Crippen LogP contribution in [0.3, 0.4) is 0 Å². The highest BCUT2D eigenvalue weighted by molar-refractivity contribution is 5.41. The van der Waals surface area contributed by atoms with E-state index in [1.807, 2.05) is 12.1 Å². The standard InChI is InChI=1S/C12H22N4/c1-4-7-14-11(9-16(2)3)10-6-5-8-15-12(10)13/h5-6,8,11,14H,4,7,9H2,1-3H3,(H2,13,15). The average Bonchev–Trinajstić information content (AvgIpc) is 2.24. The molecule has 0 spiro atoms. The summed E-state index contributed by atoms with van der Waals surface area (Å²) in [6.45, 7) is 4.08. The molecule has 0 radical (unpaired) electrons. The van der Waals surface area contributed by atoms with Gasteiger partial charge in [0.1, 0.15) is 5.82 Å². The Hall–Kier alpha value is -1.13. The van der Waals surface area contributed by atoms with Crippen molar-refractivity contribution in [1.82, 2.24) is 15.2 Å². The molecule has 0 aliphatic carbocycles. The lowest BCUT2D eigenvalue weighted by Gasteiger charge is -2.23. The summed E-state index contributed by atoms with van der Waals surface area (Å²) in [5.74, 6) is 0.623. The summed E-state index contributed by atoms with van der Waals surface area (Å²) in [7, 11) is 4.13. The second-order valence-corrected chi connectivity index (χ2v) is 4.25. The smallest absolute Gasteiger partial charge is 0.128 e. The molecule has 16 heavy (non-hydrogen) atoms. The first kappa shape index (κ1) is 12.9. The number of nitrogens with one attached hydrogen (secondary N) is 1. The van der Waals surface area contributed by atoms with Gasteiger partial charge in [0.25, 0.3) is 0 Å². The van der Waals surface area contributed by atoms with Crippen LogP contribution in [0.1, 0.15) is 24.9 Å². The zero-order valence-electron chi connectivity index (χ0n) is 10.4. The second kappa shape index (κ2) is 6.45. The zero-order valence-corrected chi connectivity index (χ0v) is 10.4. The fraction of sp³-hybridized carbons (Fsp3) is 0.583. The third-order valence-corrected chi connectivity index (χ3v) is 2.44. The van der Waals surface area contributed by atoms with Gasteiger partial charge in [0.05, 0.1) is 0 Å². The summed E-state index contributed by atoms with van der Waals surface area (Å²) < 4.78 is 0. The lowest BCUT2D eigenvalue weighted by molar-refractivity contribution is 0.342. The highest BCUT2D eigenvalue weighted by Crippen LogP contribution is 2.18. The summed E-state index contributed by atoms with van der Waals surface area (Å²) in [5, 5.41) is 3.50. The van der Waals surface area contributed by atoms with Crippen molar-refractivity contribution in [2.45, 2.75) is 19.4 Å². The number of pyridine rings is 1. The Labute approximate surface area is 97.9 Å². The minimum Gasteiger partial charge on any atom is -0.383 e. The average molecular weight is 222 g/mol. The van der Waals surface area contributed by atoms with Crippen LogP contribution < -0.4 is 11.1 Å². The van der Waals surface area contributed by atoms with Gasteiger partial charge in [-0.2, -0.15) is 0 Å². The molecular formula is C12H22N4. The van der Waals surface area contributed by atoms with Gasteiger partial charge in [-0.1, -0.05) is 13.0 Å². The van der Waals surface area contributed by atoms with E-state index >= 15 is 0 Å². The molecule has 1 aromatic rings. The van der Waals surface area contributed by atoms with Crippen molar-refractivity contribution in [1.29, 1.82) is 0 Å². The van der Waals surface area contributed by atoms with Crippen molar-refractivity contribution in [3.05, 3.63) is 23.9 Å². The van der Waals surface area contributed by atoms with Crippen LogP contribution >= 0.6 is 0 Å². The van der Waals surface area contributed by atoms with E-state index in [1.54, 1.807) is 6.20 Å². The Balaban J connectivity index is 2.78. The van der Waals surface area contributed by atoms with Gasteiger partial charge in [-0.3, -0.25) is 0 Å². The van der Waals surface area contributed by atoms with Gasteiger partial charge in [0.15, 0.2) is 0 Å². The number of aromatic nitrogens is 1. The predicted molar refractivity (Wildman–Crippen MR) is 68.2 cm³/mol. The lowest BCUT2D eigenvalue weighted by Crippen LogP contribution is -2.32. The van der Waals surface area contributed by atoms with E-state index in [0.29, 0.717) is 5.82 Å². The van der Waals surface area contributed by atoms with Crippen LogP contribution in [0.4, 0.5) is 5.82 Å². The van der Waals surface area contributed by atoms with Crippen LogP contribution in [-0.2, 0) is 0 Å². The van der Waals surface area contributed by atoms with E-state index in [2.05, 4.69) is 36.2 Å². The first-order valence-electron chi connectivity index (χ1n) is 5.73. The van der Waals surface area contributed by atoms with E-state index in [0.717, 1.165) is 25.1 Å². The molecule has 1 heterocycles. The molecule has 1 rings (SSSR count). The zero-order chi connectivity index (χ0) is 12.0. The number of rotatable bonds is 6. The Morgan fingerprint density at radius 2 is 2.25 bits per heavy atom. The maximum absolute atomic E-state index is 5.90. The molecule has 0 saturated carbocycles. The minimum absolute atomic E-state index is 0.253. The summed E-state index contributed by atoms with van der Waals surface area (Å²) in [4.78, 5) is 6.29. The fourth-order valence-electron chi connectivity index (χ4n) is 1.68. The van der Waals surface area contributed by atoms with E-state index in [4.69, 9.17) is 5.73 Å². The van der Waals surface area contributed by atoms with Crippen LogP contribution in [0, 0.1) is 0 Å². The Morgan fingerprint density at radius 3 is 2.81 bits per heavy atom. The molecule has 0 aliphatic heterocycles. The summed E-state index contributed by atoms with van der Waals surface area (Å²) in [6, 6.07) is 4.23. The van der Waals surface area contributed by atoms with E-state index in [9.17, 15) is 0 Å². The summed E-state index contributed by atoms with van der Waals surface area (Å²) in [6.07, 6.45) is 2.84. The van der Waals surface area contributed by atoms with Gasteiger partial charge in [0, 0.05) is 24.3 Å². The topological polar surface area (TPSA) is 54.2 Å². The summed E-state index contributed by atoms with van der Waals surface area (Å²) in [5.41, 5.74) is 6.99. The third kappa shape index (κ3) is 3.79. The molecule has 0 bridgehead atoms. The highest BCUT2D eigenvalue weighted by Gasteiger charge is 2.14. The molecule has 0 fully saturated rings. The molecule has 1 atom stereocenters. The molecule has 1 unspecified atom stereocenters. The predicted octanol–water partition coefficient (Wildman–Crippen LogP) is 1.27. The Morgan fingerprint density at radius 1 is 1.50 bits per heavy atom. The number of nitrogens with two attached hydrogens (primary N) is 1. The highest BCUT2D eigenvalue weighted by atomic mass is 15.1. The van der Waals surface area contributed by atoms with Gasteiger partial charge < -0.3 is 16.0 Å². The first-order chi connectivity index (χ1) is 7.65. The van der Waals surface area contributed by atoms with Crippen molar-refractivity contribution in [3.63, 3.8) is 0 Å². The van der Waals surface area contributed by atoms with Crippen LogP contribution in [-0.4, -0.2) is 37.1 Å². The molecule has 0 aliphatic rings. The maximum atomic E-state index is 5.90. The molecule has 90 valence electrons. The van der Waals surface area contributed by atoms with Gasteiger partial charge in [-0.15, -0.1) is 0 Å². The van der Waals surface area contributed by atoms with Crippen LogP contribution in [0.25, 0.3) is 0 Å². The van der Waals surface area contributed by atoms with Crippen molar-refractivity contribution in [2.24, 2.45) is 0 Å². The van der Waals surface area contributed by atoms with E-state index in [1.165, 1.54) is 0 Å². The molecule has 3 N–H and O–H groups in total. The maximum Gasteiger partial charge on any atom is 0.128 e. The lowest BCUT2D eigenvalue weighted by atomic mass is 10.1. The number of hydrogen-bond acceptors (Lipinski definition) is 4. The van der Waals surface area contributed by atoms with Gasteiger partial charge >= 0.3 is 0 Å². The normalized spacial score (nSPS) is 13.0. The van der Waals surface area contributed by atoms with E-state index < -0.39 is 0 Å². The van der Waals surface area contributed by atoms with Gasteiger partial charge in [0.2, 0.25) is 0 Å².